The fraction of sp³-hybridized carbons (Fsp3) is 0.571. The van der Waals surface area contributed by atoms with Crippen molar-refractivity contribution < 1.29 is 14.7 Å². The van der Waals surface area contributed by atoms with E-state index < -0.39 is 17.9 Å². The Bertz CT molecular complexity index is 532. The Morgan fingerprint density at radius 1 is 1.33 bits per heavy atom. The van der Waals surface area contributed by atoms with Crippen LogP contribution in [-0.4, -0.2) is 33.0 Å². The molecular formula is C14H20ClN3O3. The molecule has 1 unspecified atom stereocenters. The van der Waals surface area contributed by atoms with Gasteiger partial charge in [0.2, 0.25) is 0 Å². The van der Waals surface area contributed by atoms with Gasteiger partial charge in [0.25, 0.3) is 5.91 Å². The van der Waals surface area contributed by atoms with Gasteiger partial charge in [0.1, 0.15) is 11.5 Å². The van der Waals surface area contributed by atoms with E-state index in [2.05, 4.69) is 15.3 Å². The van der Waals surface area contributed by atoms with Gasteiger partial charge in [-0.05, 0) is 5.92 Å². The van der Waals surface area contributed by atoms with Crippen molar-refractivity contribution in [3.05, 3.63) is 22.7 Å². The van der Waals surface area contributed by atoms with Crippen molar-refractivity contribution in [2.24, 2.45) is 5.92 Å². The van der Waals surface area contributed by atoms with E-state index in [9.17, 15) is 9.59 Å². The Morgan fingerprint density at radius 3 is 2.43 bits per heavy atom. The molecular weight excluding hydrogens is 294 g/mol. The molecule has 1 aromatic heterocycles. The molecule has 0 saturated heterocycles. The molecule has 1 atom stereocenters. The van der Waals surface area contributed by atoms with Gasteiger partial charge in [-0.2, -0.15) is 0 Å². The van der Waals surface area contributed by atoms with Gasteiger partial charge in [0, 0.05) is 12.0 Å². The van der Waals surface area contributed by atoms with Crippen molar-refractivity contribution in [1.82, 2.24) is 15.3 Å². The summed E-state index contributed by atoms with van der Waals surface area (Å²) >= 11 is 5.96. The summed E-state index contributed by atoms with van der Waals surface area (Å²) in [6.45, 7) is 7.50. The Morgan fingerprint density at radius 2 is 1.95 bits per heavy atom. The van der Waals surface area contributed by atoms with E-state index in [4.69, 9.17) is 16.7 Å². The van der Waals surface area contributed by atoms with Crippen LogP contribution < -0.4 is 5.32 Å². The summed E-state index contributed by atoms with van der Waals surface area (Å²) in [5.74, 6) is -0.886. The van der Waals surface area contributed by atoms with E-state index in [1.807, 2.05) is 27.7 Å². The predicted octanol–water partition coefficient (Wildman–Crippen LogP) is 2.48. The number of carbonyl (C=O) groups is 2. The zero-order chi connectivity index (χ0) is 16.2. The maximum atomic E-state index is 12.3. The molecule has 1 heterocycles. The number of hydrogen-bond acceptors (Lipinski definition) is 4. The molecule has 2 N–H and O–H groups in total. The summed E-state index contributed by atoms with van der Waals surface area (Å²) in [4.78, 5) is 31.3. The van der Waals surface area contributed by atoms with Gasteiger partial charge in [0.15, 0.2) is 0 Å². The lowest BCUT2D eigenvalue weighted by molar-refractivity contribution is -0.137. The third kappa shape index (κ3) is 4.97. The van der Waals surface area contributed by atoms with Crippen molar-refractivity contribution >= 4 is 23.5 Å². The SMILES string of the molecule is CC(C)c1ncc(Cl)c(C(=O)NC(CC(=O)O)C(C)C)n1. The molecule has 0 aliphatic heterocycles. The molecule has 0 aliphatic rings. The lowest BCUT2D eigenvalue weighted by atomic mass is 10.0. The number of carboxylic acids is 1. The Labute approximate surface area is 128 Å². The van der Waals surface area contributed by atoms with Crippen molar-refractivity contribution in [2.45, 2.75) is 46.1 Å². The van der Waals surface area contributed by atoms with Crippen LogP contribution in [0.2, 0.25) is 5.02 Å². The summed E-state index contributed by atoms with van der Waals surface area (Å²) in [6, 6.07) is -0.483. The van der Waals surface area contributed by atoms with Gasteiger partial charge in [-0.25, -0.2) is 9.97 Å². The maximum absolute atomic E-state index is 12.3. The number of amides is 1. The van der Waals surface area contributed by atoms with Crippen LogP contribution in [-0.2, 0) is 4.79 Å². The van der Waals surface area contributed by atoms with Gasteiger partial charge in [-0.3, -0.25) is 9.59 Å². The average Bonchev–Trinajstić information content (AvgIpc) is 2.37. The minimum absolute atomic E-state index is 0.0183. The highest BCUT2D eigenvalue weighted by Crippen LogP contribution is 2.17. The number of aliphatic carboxylic acids is 1. The molecule has 116 valence electrons. The van der Waals surface area contributed by atoms with Gasteiger partial charge < -0.3 is 10.4 Å². The van der Waals surface area contributed by atoms with Crippen LogP contribution in [0.5, 0.6) is 0 Å². The number of nitrogens with zero attached hydrogens (tertiary/aromatic N) is 2. The van der Waals surface area contributed by atoms with E-state index in [1.54, 1.807) is 0 Å². The van der Waals surface area contributed by atoms with Crippen molar-refractivity contribution in [3.8, 4) is 0 Å². The van der Waals surface area contributed by atoms with Crippen molar-refractivity contribution in [1.29, 1.82) is 0 Å². The number of hydrogen-bond donors (Lipinski definition) is 2. The fourth-order valence-electron chi connectivity index (χ4n) is 1.70. The summed E-state index contributed by atoms with van der Waals surface area (Å²) in [5.41, 5.74) is 0.0754. The number of carbonyl (C=O) groups excluding carboxylic acids is 1. The molecule has 1 rings (SSSR count). The number of halogens is 1. The number of nitrogens with one attached hydrogen (secondary N) is 1. The van der Waals surface area contributed by atoms with Gasteiger partial charge in [-0.1, -0.05) is 39.3 Å². The first kappa shape index (κ1) is 17.4. The second-order valence-corrected chi connectivity index (χ2v) is 5.91. The lowest BCUT2D eigenvalue weighted by Gasteiger charge is -2.20. The molecule has 0 fully saturated rings. The maximum Gasteiger partial charge on any atom is 0.305 e. The zero-order valence-electron chi connectivity index (χ0n) is 12.6. The molecule has 0 spiro atoms. The molecule has 1 aromatic rings. The molecule has 0 radical (unpaired) electrons. The zero-order valence-corrected chi connectivity index (χ0v) is 13.3. The van der Waals surface area contributed by atoms with E-state index >= 15 is 0 Å². The number of carboxylic acid groups (broad SMARTS) is 1. The third-order valence-corrected chi connectivity index (χ3v) is 3.29. The van der Waals surface area contributed by atoms with E-state index in [0.29, 0.717) is 5.82 Å². The number of aromatic nitrogens is 2. The van der Waals surface area contributed by atoms with E-state index in [1.165, 1.54) is 6.20 Å². The average molecular weight is 314 g/mol. The van der Waals surface area contributed by atoms with Crippen LogP contribution in [0.4, 0.5) is 0 Å². The van der Waals surface area contributed by atoms with Crippen LogP contribution >= 0.6 is 11.6 Å². The largest absolute Gasteiger partial charge is 0.481 e. The summed E-state index contributed by atoms with van der Waals surface area (Å²) in [5, 5.41) is 11.7. The van der Waals surface area contributed by atoms with Crippen LogP contribution in [0.15, 0.2) is 6.20 Å². The Hall–Kier alpha value is -1.69. The van der Waals surface area contributed by atoms with Gasteiger partial charge >= 0.3 is 5.97 Å². The van der Waals surface area contributed by atoms with Crippen LogP contribution in [0.3, 0.4) is 0 Å². The summed E-state index contributed by atoms with van der Waals surface area (Å²) < 4.78 is 0. The Kier molecular flexibility index (Phi) is 6.08. The normalized spacial score (nSPS) is 12.5. The smallest absolute Gasteiger partial charge is 0.305 e. The van der Waals surface area contributed by atoms with Crippen LogP contribution in [0, 0.1) is 5.92 Å². The van der Waals surface area contributed by atoms with Crippen LogP contribution in [0.25, 0.3) is 0 Å². The fourth-order valence-corrected chi connectivity index (χ4v) is 1.87. The lowest BCUT2D eigenvalue weighted by Crippen LogP contribution is -2.40. The number of rotatable bonds is 6. The quantitative estimate of drug-likeness (QED) is 0.841. The molecule has 21 heavy (non-hydrogen) atoms. The van der Waals surface area contributed by atoms with E-state index in [-0.39, 0.29) is 29.0 Å². The molecule has 0 bridgehead atoms. The first-order valence-corrected chi connectivity index (χ1v) is 7.15. The molecule has 7 heteroatoms. The van der Waals surface area contributed by atoms with Gasteiger partial charge in [-0.15, -0.1) is 0 Å². The summed E-state index contributed by atoms with van der Waals surface area (Å²) in [7, 11) is 0. The first-order valence-electron chi connectivity index (χ1n) is 6.77. The third-order valence-electron chi connectivity index (χ3n) is 3.01. The molecule has 6 nitrogen and oxygen atoms in total. The highest BCUT2D eigenvalue weighted by molar-refractivity contribution is 6.33. The first-order chi connectivity index (χ1) is 9.72. The predicted molar refractivity (Wildman–Crippen MR) is 79.5 cm³/mol. The minimum atomic E-state index is -0.967. The van der Waals surface area contributed by atoms with Crippen LogP contribution in [0.1, 0.15) is 56.3 Å². The Balaban J connectivity index is 2.96. The highest BCUT2D eigenvalue weighted by Gasteiger charge is 2.23. The summed E-state index contributed by atoms with van der Waals surface area (Å²) in [6.07, 6.45) is 1.24. The molecule has 0 aromatic carbocycles. The van der Waals surface area contributed by atoms with E-state index in [0.717, 1.165) is 0 Å². The van der Waals surface area contributed by atoms with Gasteiger partial charge in [0.05, 0.1) is 17.6 Å². The topological polar surface area (TPSA) is 92.2 Å². The standard InChI is InChI=1S/C14H20ClN3O3/c1-7(2)10(5-11(19)20)17-14(21)12-9(15)6-16-13(18-12)8(3)4/h6-8,10H,5H2,1-4H3,(H,17,21)(H,19,20). The van der Waals surface area contributed by atoms with Crippen molar-refractivity contribution in [2.75, 3.05) is 0 Å². The molecule has 0 aliphatic carbocycles. The van der Waals surface area contributed by atoms with Crippen molar-refractivity contribution in [3.63, 3.8) is 0 Å². The second-order valence-electron chi connectivity index (χ2n) is 5.50. The molecule has 1 amide bonds. The second kappa shape index (κ2) is 7.36. The monoisotopic (exact) mass is 313 g/mol. The highest BCUT2D eigenvalue weighted by atomic mass is 35.5. The molecule has 0 saturated carbocycles. The minimum Gasteiger partial charge on any atom is -0.481 e.